The summed E-state index contributed by atoms with van der Waals surface area (Å²) in [7, 11) is 7.99. The molecule has 10 nitrogen and oxygen atoms in total. The Balaban J connectivity index is 0.000000132. The van der Waals surface area contributed by atoms with E-state index < -0.39 is 20.6 Å². The van der Waals surface area contributed by atoms with Crippen LogP contribution in [0.4, 0.5) is 0 Å². The van der Waals surface area contributed by atoms with Gasteiger partial charge in [0.1, 0.15) is 88.7 Å². The van der Waals surface area contributed by atoms with Crippen LogP contribution in [0.1, 0.15) is 81.0 Å². The number of aryl methyl sites for hydroxylation is 11. The molecule has 0 bridgehead atoms. The lowest BCUT2D eigenvalue weighted by atomic mass is 9.97. The van der Waals surface area contributed by atoms with Crippen LogP contribution in [0.2, 0.25) is 0 Å². The van der Waals surface area contributed by atoms with Gasteiger partial charge < -0.3 is 17.7 Å². The van der Waals surface area contributed by atoms with E-state index in [1.807, 2.05) is 106 Å². The second-order valence-corrected chi connectivity index (χ2v) is 28.3. The van der Waals surface area contributed by atoms with Gasteiger partial charge in [0.2, 0.25) is 22.8 Å². The van der Waals surface area contributed by atoms with Gasteiger partial charge in [-0.1, -0.05) is 199 Å². The summed E-state index contributed by atoms with van der Waals surface area (Å²) in [6, 6.07) is 83.2. The quantitative estimate of drug-likeness (QED) is 0.159. The molecule has 0 aliphatic carbocycles. The van der Waals surface area contributed by atoms with Gasteiger partial charge in [-0.15, -0.1) is 0 Å². The first kappa shape index (κ1) is 65.4. The van der Waals surface area contributed by atoms with Gasteiger partial charge in [-0.25, -0.2) is 13.7 Å². The number of benzene rings is 11. The van der Waals surface area contributed by atoms with E-state index in [1.54, 1.807) is 54.3 Å². The number of pyridine rings is 6. The van der Waals surface area contributed by atoms with Crippen molar-refractivity contribution in [2.24, 2.45) is 28.2 Å². The van der Waals surface area contributed by atoms with E-state index in [0.717, 1.165) is 137 Å². The fourth-order valence-corrected chi connectivity index (χ4v) is 16.0. The second-order valence-electron chi connectivity index (χ2n) is 28.3. The number of nitrogens with zero attached hydrogens (tertiary/aromatic N) is 6. The third-order valence-corrected chi connectivity index (χ3v) is 21.3. The highest BCUT2D eigenvalue weighted by Gasteiger charge is 2.29. The van der Waals surface area contributed by atoms with Crippen molar-refractivity contribution in [3.05, 3.63) is 325 Å². The fourth-order valence-electron chi connectivity index (χ4n) is 16.0. The van der Waals surface area contributed by atoms with Crippen LogP contribution in [0.15, 0.2) is 304 Å². The first-order valence-electron chi connectivity index (χ1n) is 40.9. The molecule has 0 radical (unpaired) electrons. The second kappa shape index (κ2) is 30.8. The molecule has 0 N–H and O–H groups in total. The van der Waals surface area contributed by atoms with Crippen LogP contribution in [0.5, 0.6) is 0 Å². The zero-order valence-electron chi connectivity index (χ0n) is 70.5. The summed E-state index contributed by atoms with van der Waals surface area (Å²) in [5, 5.41) is 14.6. The Morgan fingerprint density at radius 3 is 1.20 bits per heavy atom. The highest BCUT2D eigenvalue weighted by molar-refractivity contribution is 6.21. The van der Waals surface area contributed by atoms with Crippen molar-refractivity contribution in [2.75, 3.05) is 0 Å². The third-order valence-electron chi connectivity index (χ3n) is 21.3. The predicted molar refractivity (Wildman–Crippen MR) is 472 cm³/mol. The maximum atomic E-state index is 8.08. The monoisotopic (exact) mass is 1490 g/mol. The molecule has 0 saturated carbocycles. The number of fused-ring (bicyclic) bond motifs is 19. The Kier molecular flexibility index (Phi) is 17.8. The predicted octanol–water partition coefficient (Wildman–Crippen LogP) is 26.1. The van der Waals surface area contributed by atoms with E-state index in [4.69, 9.17) is 30.0 Å². The average Bonchev–Trinajstić information content (AvgIpc) is 1.54. The van der Waals surface area contributed by atoms with E-state index in [1.165, 1.54) is 55.5 Å². The molecule has 11 aromatic carbocycles. The zero-order chi connectivity index (χ0) is 82.0. The lowest BCUT2D eigenvalue weighted by Crippen LogP contribution is -2.31. The van der Waals surface area contributed by atoms with Crippen LogP contribution in [0.25, 0.3) is 187 Å². The highest BCUT2D eigenvalue weighted by atomic mass is 16.3. The van der Waals surface area contributed by atoms with Crippen LogP contribution < -0.4 is 18.3 Å². The molecule has 10 heteroatoms. The fraction of sp³-hybridized carbons (Fsp3) is 0.146. The molecule has 21 aromatic rings. The topological polar surface area (TPSA) is 93.9 Å². The smallest absolute Gasteiger partial charge is 0.224 e. The van der Waals surface area contributed by atoms with Crippen molar-refractivity contribution < 1.29 is 48.3 Å². The van der Waals surface area contributed by atoms with Crippen molar-refractivity contribution in [2.45, 2.75) is 78.0 Å². The number of rotatable bonds is 5. The van der Waals surface area contributed by atoms with Gasteiger partial charge in [-0.05, 0) is 171 Å². The van der Waals surface area contributed by atoms with E-state index in [-0.39, 0.29) is 40.8 Å². The molecular formula is C103H96N6O4+4. The van der Waals surface area contributed by atoms with Gasteiger partial charge in [-0.2, -0.15) is 4.57 Å². The van der Waals surface area contributed by atoms with Crippen molar-refractivity contribution in [1.29, 1.82) is 0 Å². The summed E-state index contributed by atoms with van der Waals surface area (Å²) in [5.41, 5.74) is 23.6. The third kappa shape index (κ3) is 13.3. The Bertz CT molecular complexity index is 7650. The number of aromatic nitrogens is 6. The Morgan fingerprint density at radius 2 is 0.708 bits per heavy atom. The minimum Gasteiger partial charge on any atom is -0.455 e. The molecule has 10 aromatic heterocycles. The van der Waals surface area contributed by atoms with Crippen molar-refractivity contribution in [1.82, 2.24) is 9.97 Å². The van der Waals surface area contributed by atoms with E-state index >= 15 is 0 Å². The molecular weight excluding hydrogens is 1390 g/mol. The summed E-state index contributed by atoms with van der Waals surface area (Å²) in [6.45, 7) is 1.44. The van der Waals surface area contributed by atoms with Crippen molar-refractivity contribution >= 4 is 131 Å². The van der Waals surface area contributed by atoms with Gasteiger partial charge in [0.25, 0.3) is 0 Å². The van der Waals surface area contributed by atoms with Crippen LogP contribution in [0.3, 0.4) is 0 Å². The Morgan fingerprint density at radius 1 is 0.283 bits per heavy atom. The molecule has 0 saturated heterocycles. The highest BCUT2D eigenvalue weighted by Crippen LogP contribution is 2.44. The molecule has 0 amide bonds. The molecule has 0 spiro atoms. The summed E-state index contributed by atoms with van der Waals surface area (Å²) >= 11 is 0. The average molecular weight is 1490 g/mol. The maximum absolute atomic E-state index is 8.08. The van der Waals surface area contributed by atoms with Gasteiger partial charge in [-0.3, -0.25) is 9.97 Å². The SMILES string of the molecule is C.C.C.C.Cc1ccccc1-c1c2c(cc[n+]1C)oc1c2ccc2cccnc21.Cc1ccccc1-c1c2c(cc[n+]1C)oc1c3cc(-c4ccccc4)ccc3ccc12.[2H]C([2H])([2H])c1ccc(-c2c3c(cc[n+]2C)oc2c3ccc3cccnc32)c(C)c1.[2H]C([2H])([2H])c1ccc(-c2c3c(oc4cc5ccccc5cc43)c(C([2H])([2H])[2H])c[n+]2C)c(C)c1. The first-order valence-corrected chi connectivity index (χ1v) is 36.4. The van der Waals surface area contributed by atoms with Gasteiger partial charge in [0, 0.05) is 103 Å². The molecule has 0 atom stereocenters. The first-order chi connectivity index (χ1) is 56.7. The van der Waals surface area contributed by atoms with Crippen LogP contribution in [0, 0.1) is 48.3 Å². The lowest BCUT2D eigenvalue weighted by Gasteiger charge is -2.08. The molecule has 0 aliphatic rings. The zero-order valence-corrected chi connectivity index (χ0v) is 61.5. The number of furan rings is 4. The summed E-state index contributed by atoms with van der Waals surface area (Å²) in [5.74, 6) is 0. The summed E-state index contributed by atoms with van der Waals surface area (Å²) in [4.78, 5) is 9.07. The molecule has 0 aliphatic heterocycles. The van der Waals surface area contributed by atoms with Crippen LogP contribution in [-0.2, 0) is 28.2 Å². The van der Waals surface area contributed by atoms with Crippen molar-refractivity contribution in [3.8, 4) is 56.2 Å². The number of hydrogen-bond acceptors (Lipinski definition) is 6. The maximum Gasteiger partial charge on any atom is 0.224 e. The standard InChI is InChI=1S/C29H22NO.C25H22NO.C23H19N2O.C22H17N2O.4CH4/c1-19-8-6-7-11-23(19)28-27-24-15-14-21-12-13-22(20-9-4-3-5-10-20)18-25(21)29(24)31-26(27)16-17-30(28)2;1-15-9-10-20(16(2)11-15)24-23-21-12-18-7-5-6-8-19(18)13-22(21)27-25(23)17(3)14-26(24)4;1-14-6-8-17(15(2)13-14)22-20-18-9-7-16-5-4-11-24-21(16)23(18)26-19(20)10-12-25(22)3;1-14-6-3-4-8-16(14)21-19-17-10-9-15-7-5-12-23-20(15)22(17)25-18(19)11-13-24(21)2;;;;/h3-18H,1-2H3;5-14H,1-4H3;4-13H,1-3H3;3-13H,1-2H3;4*1H4/q4*+1;;;;/i;1D3,3D3;1D3;;;;;. The molecule has 0 fully saturated rings. The minimum atomic E-state index is -2.36. The van der Waals surface area contributed by atoms with Crippen molar-refractivity contribution in [3.63, 3.8) is 0 Å². The molecule has 113 heavy (non-hydrogen) atoms. The van der Waals surface area contributed by atoms with E-state index in [2.05, 4.69) is 210 Å². The van der Waals surface area contributed by atoms with E-state index in [0.29, 0.717) is 22.1 Å². The molecule has 21 rings (SSSR count). The van der Waals surface area contributed by atoms with E-state index in [9.17, 15) is 0 Å². The van der Waals surface area contributed by atoms with Gasteiger partial charge in [0.05, 0.1) is 5.56 Å². The largest absolute Gasteiger partial charge is 0.455 e. The summed E-state index contributed by atoms with van der Waals surface area (Å²) in [6.07, 6.45) is 11.3. The molecule has 0 unspecified atom stereocenters. The van der Waals surface area contributed by atoms with Gasteiger partial charge in [0.15, 0.2) is 41.5 Å². The van der Waals surface area contributed by atoms with Gasteiger partial charge >= 0.3 is 0 Å². The van der Waals surface area contributed by atoms with Crippen LogP contribution in [-0.4, -0.2) is 9.97 Å². The normalized spacial score (nSPS) is 12.7. The Hall–Kier alpha value is -13.4. The van der Waals surface area contributed by atoms with Crippen LogP contribution >= 0.6 is 0 Å². The Labute approximate surface area is 673 Å². The molecule has 558 valence electrons. The molecule has 10 heterocycles. The minimum absolute atomic E-state index is 0. The number of hydrogen-bond donors (Lipinski definition) is 0. The summed E-state index contributed by atoms with van der Waals surface area (Å²) < 4.78 is 104. The lowest BCUT2D eigenvalue weighted by molar-refractivity contribution is -0.659.